The molecule has 2 aromatic rings. The molecule has 0 saturated carbocycles. The minimum atomic E-state index is -0.239. The van der Waals surface area contributed by atoms with Gasteiger partial charge in [0.15, 0.2) is 5.96 Å². The lowest BCUT2D eigenvalue weighted by Gasteiger charge is -2.12. The Bertz CT molecular complexity index is 624. The third-order valence-electron chi connectivity index (χ3n) is 3.25. The molecule has 0 aliphatic carbocycles. The van der Waals surface area contributed by atoms with Gasteiger partial charge in [0.1, 0.15) is 11.6 Å². The highest BCUT2D eigenvalue weighted by Crippen LogP contribution is 2.05. The van der Waals surface area contributed by atoms with Gasteiger partial charge < -0.3 is 10.6 Å². The molecule has 116 valence electrons. The van der Waals surface area contributed by atoms with Crippen molar-refractivity contribution in [2.75, 3.05) is 13.6 Å². The highest BCUT2D eigenvalue weighted by Gasteiger charge is 2.02. The summed E-state index contributed by atoms with van der Waals surface area (Å²) < 4.78 is 26.3. The van der Waals surface area contributed by atoms with Crippen molar-refractivity contribution in [1.29, 1.82) is 0 Å². The highest BCUT2D eigenvalue weighted by atomic mass is 19.1. The van der Waals surface area contributed by atoms with Crippen LogP contribution >= 0.6 is 0 Å². The molecule has 0 bridgehead atoms. The lowest BCUT2D eigenvalue weighted by Crippen LogP contribution is -2.38. The Kier molecular flexibility index (Phi) is 5.89. The topological polar surface area (TPSA) is 36.4 Å². The predicted octanol–water partition coefficient (Wildman–Crippen LogP) is 2.87. The molecule has 3 nitrogen and oxygen atoms in total. The maximum absolute atomic E-state index is 13.5. The molecule has 0 aromatic heterocycles. The van der Waals surface area contributed by atoms with Crippen LogP contribution in [0.1, 0.15) is 11.1 Å². The summed E-state index contributed by atoms with van der Waals surface area (Å²) in [6.07, 6.45) is 0.751. The molecule has 0 heterocycles. The molecule has 0 saturated heterocycles. The van der Waals surface area contributed by atoms with Gasteiger partial charge in [-0.15, -0.1) is 0 Å². The first-order valence-corrected chi connectivity index (χ1v) is 7.11. The van der Waals surface area contributed by atoms with Crippen LogP contribution in [-0.2, 0) is 13.0 Å². The van der Waals surface area contributed by atoms with Gasteiger partial charge in [0.05, 0.1) is 0 Å². The van der Waals surface area contributed by atoms with Crippen LogP contribution < -0.4 is 10.6 Å². The van der Waals surface area contributed by atoms with E-state index in [1.807, 2.05) is 0 Å². The SMILES string of the molecule is CN=C(NCCc1ccc(F)cc1)NCc1ccccc1F. The van der Waals surface area contributed by atoms with Crippen molar-refractivity contribution >= 4 is 5.96 Å². The highest BCUT2D eigenvalue weighted by molar-refractivity contribution is 5.79. The molecule has 2 rings (SSSR count). The van der Waals surface area contributed by atoms with Crippen LogP contribution in [0.4, 0.5) is 8.78 Å². The van der Waals surface area contributed by atoms with Crippen LogP contribution in [0.2, 0.25) is 0 Å². The lowest BCUT2D eigenvalue weighted by molar-refractivity contribution is 0.604. The van der Waals surface area contributed by atoms with Gasteiger partial charge in [-0.1, -0.05) is 30.3 Å². The first-order valence-electron chi connectivity index (χ1n) is 7.11. The van der Waals surface area contributed by atoms with Crippen molar-refractivity contribution in [3.8, 4) is 0 Å². The van der Waals surface area contributed by atoms with E-state index in [2.05, 4.69) is 15.6 Å². The molecule has 5 heteroatoms. The van der Waals surface area contributed by atoms with Gasteiger partial charge in [0, 0.05) is 25.7 Å². The van der Waals surface area contributed by atoms with E-state index < -0.39 is 0 Å². The minimum absolute atomic E-state index is 0.237. The van der Waals surface area contributed by atoms with Crippen LogP contribution in [0, 0.1) is 11.6 Å². The third-order valence-corrected chi connectivity index (χ3v) is 3.25. The van der Waals surface area contributed by atoms with Gasteiger partial charge in [-0.05, 0) is 30.2 Å². The number of hydrogen-bond donors (Lipinski definition) is 2. The zero-order chi connectivity index (χ0) is 15.8. The van der Waals surface area contributed by atoms with Crippen molar-refractivity contribution in [2.45, 2.75) is 13.0 Å². The fourth-order valence-corrected chi connectivity index (χ4v) is 2.02. The number of rotatable bonds is 5. The van der Waals surface area contributed by atoms with E-state index in [4.69, 9.17) is 0 Å². The maximum atomic E-state index is 13.5. The van der Waals surface area contributed by atoms with Gasteiger partial charge in [-0.25, -0.2) is 8.78 Å². The predicted molar refractivity (Wildman–Crippen MR) is 84.7 cm³/mol. The molecule has 0 aliphatic rings. The Morgan fingerprint density at radius 1 is 1.00 bits per heavy atom. The molecule has 0 fully saturated rings. The Morgan fingerprint density at radius 3 is 2.41 bits per heavy atom. The summed E-state index contributed by atoms with van der Waals surface area (Å²) in [6.45, 7) is 1.02. The van der Waals surface area contributed by atoms with E-state index in [0.717, 1.165) is 12.0 Å². The van der Waals surface area contributed by atoms with Gasteiger partial charge in [-0.3, -0.25) is 4.99 Å². The first-order chi connectivity index (χ1) is 10.7. The fraction of sp³-hybridized carbons (Fsp3) is 0.235. The van der Waals surface area contributed by atoms with Crippen molar-refractivity contribution < 1.29 is 8.78 Å². The van der Waals surface area contributed by atoms with E-state index >= 15 is 0 Å². The van der Waals surface area contributed by atoms with E-state index in [1.54, 1.807) is 37.4 Å². The molecule has 0 spiro atoms. The molecule has 2 aromatic carbocycles. The molecule has 0 atom stereocenters. The maximum Gasteiger partial charge on any atom is 0.191 e. The number of hydrogen-bond acceptors (Lipinski definition) is 1. The zero-order valence-electron chi connectivity index (χ0n) is 12.4. The molecule has 2 N–H and O–H groups in total. The number of benzene rings is 2. The van der Waals surface area contributed by atoms with Gasteiger partial charge in [0.25, 0.3) is 0 Å². The molecule has 0 amide bonds. The molecule has 0 aliphatic heterocycles. The quantitative estimate of drug-likeness (QED) is 0.658. The molecular formula is C17H19F2N3. The summed E-state index contributed by atoms with van der Waals surface area (Å²) >= 11 is 0. The van der Waals surface area contributed by atoms with Crippen molar-refractivity contribution in [1.82, 2.24) is 10.6 Å². The fourth-order valence-electron chi connectivity index (χ4n) is 2.02. The third kappa shape index (κ3) is 4.84. The van der Waals surface area contributed by atoms with Gasteiger partial charge in [-0.2, -0.15) is 0 Å². The largest absolute Gasteiger partial charge is 0.356 e. The summed E-state index contributed by atoms with van der Waals surface area (Å²) in [5, 5.41) is 6.21. The summed E-state index contributed by atoms with van der Waals surface area (Å²) in [5.41, 5.74) is 1.63. The Morgan fingerprint density at radius 2 is 1.73 bits per heavy atom. The van der Waals surface area contributed by atoms with Crippen LogP contribution in [-0.4, -0.2) is 19.6 Å². The van der Waals surface area contributed by atoms with Crippen molar-refractivity contribution in [3.05, 3.63) is 71.3 Å². The lowest BCUT2D eigenvalue weighted by atomic mass is 10.1. The zero-order valence-corrected chi connectivity index (χ0v) is 12.4. The summed E-state index contributed by atoms with van der Waals surface area (Å²) in [6, 6.07) is 13.0. The molecule has 22 heavy (non-hydrogen) atoms. The average molecular weight is 303 g/mol. The molecule has 0 radical (unpaired) electrons. The Labute approximate surface area is 129 Å². The number of aliphatic imine (C=N–C) groups is 1. The van der Waals surface area contributed by atoms with Crippen LogP contribution in [0.3, 0.4) is 0 Å². The monoisotopic (exact) mass is 303 g/mol. The number of guanidine groups is 1. The number of nitrogens with zero attached hydrogens (tertiary/aromatic N) is 1. The van der Waals surface area contributed by atoms with Crippen LogP contribution in [0.5, 0.6) is 0 Å². The van der Waals surface area contributed by atoms with Gasteiger partial charge in [0.2, 0.25) is 0 Å². The number of nitrogens with one attached hydrogen (secondary N) is 2. The second-order valence-corrected chi connectivity index (χ2v) is 4.82. The number of halogens is 2. The van der Waals surface area contributed by atoms with Crippen LogP contribution in [0.15, 0.2) is 53.5 Å². The van der Waals surface area contributed by atoms with Gasteiger partial charge >= 0.3 is 0 Å². The van der Waals surface area contributed by atoms with Crippen molar-refractivity contribution in [3.63, 3.8) is 0 Å². The van der Waals surface area contributed by atoms with E-state index in [1.165, 1.54) is 18.2 Å². The standard InChI is InChI=1S/C17H19F2N3/c1-20-17(22-12-14-4-2-3-5-16(14)19)21-11-10-13-6-8-15(18)9-7-13/h2-9H,10-12H2,1H3,(H2,20,21,22). The van der Waals surface area contributed by atoms with E-state index in [9.17, 15) is 8.78 Å². The second kappa shape index (κ2) is 8.12. The first kappa shape index (κ1) is 15.9. The summed E-state index contributed by atoms with van der Waals surface area (Å²) in [4.78, 5) is 4.09. The Balaban J connectivity index is 1.78. The molecule has 0 unspecified atom stereocenters. The smallest absolute Gasteiger partial charge is 0.191 e. The van der Waals surface area contributed by atoms with Crippen molar-refractivity contribution in [2.24, 2.45) is 4.99 Å². The summed E-state index contributed by atoms with van der Waals surface area (Å²) in [5.74, 6) is 0.126. The van der Waals surface area contributed by atoms with E-state index in [-0.39, 0.29) is 11.6 Å². The molecular weight excluding hydrogens is 284 g/mol. The normalized spacial score (nSPS) is 11.3. The average Bonchev–Trinajstić information content (AvgIpc) is 2.54. The summed E-state index contributed by atoms with van der Waals surface area (Å²) in [7, 11) is 1.66. The van der Waals surface area contributed by atoms with E-state index in [0.29, 0.717) is 24.6 Å². The second-order valence-electron chi connectivity index (χ2n) is 4.82. The Hall–Kier alpha value is -2.43. The van der Waals surface area contributed by atoms with Crippen LogP contribution in [0.25, 0.3) is 0 Å². The minimum Gasteiger partial charge on any atom is -0.356 e.